The SMILES string of the molecule is CCN(C(=O)c1ccnc(C(=O)NCc2ccc(F)cc2)c1)c1ccccc1. The highest BCUT2D eigenvalue weighted by molar-refractivity contribution is 6.07. The van der Waals surface area contributed by atoms with Gasteiger partial charge in [-0.2, -0.15) is 0 Å². The highest BCUT2D eigenvalue weighted by Crippen LogP contribution is 2.17. The van der Waals surface area contributed by atoms with Crippen LogP contribution in [0.3, 0.4) is 0 Å². The van der Waals surface area contributed by atoms with Crippen LogP contribution >= 0.6 is 0 Å². The van der Waals surface area contributed by atoms with E-state index >= 15 is 0 Å². The van der Waals surface area contributed by atoms with Gasteiger partial charge in [0.1, 0.15) is 11.5 Å². The number of amides is 2. The normalized spacial score (nSPS) is 10.4. The molecule has 0 fully saturated rings. The number of hydrogen-bond donors (Lipinski definition) is 1. The molecule has 0 saturated carbocycles. The summed E-state index contributed by atoms with van der Waals surface area (Å²) in [6.45, 7) is 2.63. The van der Waals surface area contributed by atoms with E-state index in [-0.39, 0.29) is 24.0 Å². The topological polar surface area (TPSA) is 62.3 Å². The van der Waals surface area contributed by atoms with Crippen LogP contribution in [0.2, 0.25) is 0 Å². The summed E-state index contributed by atoms with van der Waals surface area (Å²) in [5.41, 5.74) is 2.09. The van der Waals surface area contributed by atoms with Crippen LogP contribution in [-0.2, 0) is 6.54 Å². The molecule has 142 valence electrons. The monoisotopic (exact) mass is 377 g/mol. The molecular weight excluding hydrogens is 357 g/mol. The van der Waals surface area contributed by atoms with Crippen LogP contribution in [0.15, 0.2) is 72.9 Å². The van der Waals surface area contributed by atoms with Crippen molar-refractivity contribution in [3.63, 3.8) is 0 Å². The summed E-state index contributed by atoms with van der Waals surface area (Å²) in [5.74, 6) is -0.938. The number of carbonyl (C=O) groups excluding carboxylic acids is 2. The van der Waals surface area contributed by atoms with Crippen molar-refractivity contribution < 1.29 is 14.0 Å². The Morgan fingerprint density at radius 3 is 2.43 bits per heavy atom. The minimum absolute atomic E-state index is 0.150. The number of halogens is 1. The van der Waals surface area contributed by atoms with Crippen molar-refractivity contribution in [3.8, 4) is 0 Å². The van der Waals surface area contributed by atoms with Crippen LogP contribution in [0.1, 0.15) is 33.3 Å². The van der Waals surface area contributed by atoms with Crippen LogP contribution in [0.25, 0.3) is 0 Å². The first-order chi connectivity index (χ1) is 13.6. The van der Waals surface area contributed by atoms with Crippen molar-refractivity contribution in [1.82, 2.24) is 10.3 Å². The molecule has 5 nitrogen and oxygen atoms in total. The molecule has 0 aliphatic rings. The molecule has 28 heavy (non-hydrogen) atoms. The summed E-state index contributed by atoms with van der Waals surface area (Å²) in [6, 6.07) is 18.3. The molecule has 1 aromatic heterocycles. The van der Waals surface area contributed by atoms with E-state index in [0.29, 0.717) is 12.1 Å². The number of nitrogens with zero attached hydrogens (tertiary/aromatic N) is 2. The lowest BCUT2D eigenvalue weighted by Gasteiger charge is -2.21. The fraction of sp³-hybridized carbons (Fsp3) is 0.136. The third-order valence-electron chi connectivity index (χ3n) is 4.24. The van der Waals surface area contributed by atoms with E-state index in [1.165, 1.54) is 24.4 Å². The van der Waals surface area contributed by atoms with Gasteiger partial charge in [0.25, 0.3) is 11.8 Å². The zero-order chi connectivity index (χ0) is 19.9. The lowest BCUT2D eigenvalue weighted by Crippen LogP contribution is -2.31. The van der Waals surface area contributed by atoms with Gasteiger partial charge in [0.15, 0.2) is 0 Å². The molecule has 3 rings (SSSR count). The number of para-hydroxylation sites is 1. The molecule has 0 bridgehead atoms. The summed E-state index contributed by atoms with van der Waals surface area (Å²) in [5, 5.41) is 2.73. The van der Waals surface area contributed by atoms with E-state index in [4.69, 9.17) is 0 Å². The largest absolute Gasteiger partial charge is 0.347 e. The predicted molar refractivity (Wildman–Crippen MR) is 106 cm³/mol. The number of aromatic nitrogens is 1. The maximum absolute atomic E-state index is 13.0. The summed E-state index contributed by atoms with van der Waals surface area (Å²) in [6.07, 6.45) is 1.44. The molecule has 3 aromatic rings. The average molecular weight is 377 g/mol. The molecule has 1 N–H and O–H groups in total. The second-order valence-corrected chi connectivity index (χ2v) is 6.12. The van der Waals surface area contributed by atoms with E-state index in [1.807, 2.05) is 37.3 Å². The minimum atomic E-state index is -0.401. The van der Waals surface area contributed by atoms with E-state index < -0.39 is 5.91 Å². The summed E-state index contributed by atoms with van der Waals surface area (Å²) >= 11 is 0. The summed E-state index contributed by atoms with van der Waals surface area (Å²) in [4.78, 5) is 31.0. The second kappa shape index (κ2) is 8.90. The molecule has 2 amide bonds. The van der Waals surface area contributed by atoms with Crippen molar-refractivity contribution in [2.75, 3.05) is 11.4 Å². The lowest BCUT2D eigenvalue weighted by molar-refractivity contribution is 0.0946. The Balaban J connectivity index is 1.72. The Kier molecular flexibility index (Phi) is 6.11. The Hall–Kier alpha value is -3.54. The highest BCUT2D eigenvalue weighted by atomic mass is 19.1. The zero-order valence-electron chi connectivity index (χ0n) is 15.4. The van der Waals surface area contributed by atoms with Gasteiger partial charge < -0.3 is 10.2 Å². The fourth-order valence-corrected chi connectivity index (χ4v) is 2.77. The maximum atomic E-state index is 13.0. The van der Waals surface area contributed by atoms with Crippen LogP contribution in [0.5, 0.6) is 0 Å². The third kappa shape index (κ3) is 4.59. The number of hydrogen-bond acceptors (Lipinski definition) is 3. The number of benzene rings is 2. The van der Waals surface area contributed by atoms with E-state index in [1.54, 1.807) is 23.1 Å². The standard InChI is InChI=1S/C22H20FN3O2/c1-2-26(19-6-4-3-5-7-19)22(28)17-12-13-24-20(14-17)21(27)25-15-16-8-10-18(23)11-9-16/h3-14H,2,15H2,1H3,(H,25,27). The van der Waals surface area contributed by atoms with Crippen molar-refractivity contribution in [1.29, 1.82) is 0 Å². The number of nitrogens with one attached hydrogen (secondary N) is 1. The van der Waals surface area contributed by atoms with Crippen molar-refractivity contribution in [2.24, 2.45) is 0 Å². The Morgan fingerprint density at radius 2 is 1.75 bits per heavy atom. The number of anilines is 1. The van der Waals surface area contributed by atoms with Gasteiger partial charge in [0, 0.05) is 30.5 Å². The van der Waals surface area contributed by atoms with Gasteiger partial charge in [-0.1, -0.05) is 30.3 Å². The molecule has 2 aromatic carbocycles. The molecule has 0 saturated heterocycles. The minimum Gasteiger partial charge on any atom is -0.347 e. The van der Waals surface area contributed by atoms with Crippen molar-refractivity contribution in [3.05, 3.63) is 95.6 Å². The molecule has 0 aliphatic carbocycles. The maximum Gasteiger partial charge on any atom is 0.270 e. The predicted octanol–water partition coefficient (Wildman–Crippen LogP) is 3.82. The first-order valence-corrected chi connectivity index (χ1v) is 8.94. The van der Waals surface area contributed by atoms with Gasteiger partial charge in [-0.05, 0) is 48.9 Å². The van der Waals surface area contributed by atoms with Gasteiger partial charge in [0.05, 0.1) is 0 Å². The molecule has 6 heteroatoms. The van der Waals surface area contributed by atoms with Gasteiger partial charge in [0.2, 0.25) is 0 Å². The van der Waals surface area contributed by atoms with Crippen LogP contribution in [-0.4, -0.2) is 23.3 Å². The molecule has 0 radical (unpaired) electrons. The Bertz CT molecular complexity index is 959. The molecule has 0 unspecified atom stereocenters. The quantitative estimate of drug-likeness (QED) is 0.710. The smallest absolute Gasteiger partial charge is 0.270 e. The molecule has 0 aliphatic heterocycles. The van der Waals surface area contributed by atoms with E-state index in [0.717, 1.165) is 11.3 Å². The Morgan fingerprint density at radius 1 is 1.04 bits per heavy atom. The molecule has 1 heterocycles. The molecular formula is C22H20FN3O2. The Labute approximate surface area is 162 Å². The number of rotatable bonds is 6. The summed E-state index contributed by atoms with van der Waals surface area (Å²) < 4.78 is 13.0. The highest BCUT2D eigenvalue weighted by Gasteiger charge is 2.18. The van der Waals surface area contributed by atoms with E-state index in [2.05, 4.69) is 10.3 Å². The average Bonchev–Trinajstić information content (AvgIpc) is 2.74. The van der Waals surface area contributed by atoms with Crippen LogP contribution in [0, 0.1) is 5.82 Å². The molecule has 0 atom stereocenters. The second-order valence-electron chi connectivity index (χ2n) is 6.12. The lowest BCUT2D eigenvalue weighted by atomic mass is 10.1. The van der Waals surface area contributed by atoms with Gasteiger partial charge in [-0.15, -0.1) is 0 Å². The van der Waals surface area contributed by atoms with Crippen molar-refractivity contribution >= 4 is 17.5 Å². The zero-order valence-corrected chi connectivity index (χ0v) is 15.4. The van der Waals surface area contributed by atoms with Gasteiger partial charge in [-0.3, -0.25) is 14.6 Å². The molecule has 0 spiro atoms. The number of pyridine rings is 1. The summed E-state index contributed by atoms with van der Waals surface area (Å²) in [7, 11) is 0. The number of carbonyl (C=O) groups is 2. The van der Waals surface area contributed by atoms with Crippen LogP contribution < -0.4 is 10.2 Å². The van der Waals surface area contributed by atoms with E-state index in [9.17, 15) is 14.0 Å². The third-order valence-corrected chi connectivity index (χ3v) is 4.24. The van der Waals surface area contributed by atoms with Crippen molar-refractivity contribution in [2.45, 2.75) is 13.5 Å². The van der Waals surface area contributed by atoms with Gasteiger partial charge >= 0.3 is 0 Å². The first-order valence-electron chi connectivity index (χ1n) is 8.94. The van der Waals surface area contributed by atoms with Gasteiger partial charge in [-0.25, -0.2) is 4.39 Å². The fourth-order valence-electron chi connectivity index (χ4n) is 2.77. The first kappa shape index (κ1) is 19.2. The van der Waals surface area contributed by atoms with Crippen LogP contribution in [0.4, 0.5) is 10.1 Å².